The van der Waals surface area contributed by atoms with Crippen molar-refractivity contribution in [2.24, 2.45) is 5.92 Å². The number of rotatable bonds is 6. The van der Waals surface area contributed by atoms with Gasteiger partial charge < -0.3 is 5.32 Å². The average molecular weight is 226 g/mol. The van der Waals surface area contributed by atoms with Crippen LogP contribution < -0.4 is 5.32 Å². The highest BCUT2D eigenvalue weighted by Crippen LogP contribution is 2.14. The van der Waals surface area contributed by atoms with Crippen molar-refractivity contribution < 1.29 is 0 Å². The van der Waals surface area contributed by atoms with E-state index in [0.29, 0.717) is 0 Å². The van der Waals surface area contributed by atoms with E-state index in [0.717, 1.165) is 24.0 Å². The van der Waals surface area contributed by atoms with Crippen LogP contribution in [0.15, 0.2) is 24.3 Å². The summed E-state index contributed by atoms with van der Waals surface area (Å²) < 4.78 is 0. The van der Waals surface area contributed by atoms with Gasteiger partial charge in [-0.3, -0.25) is 0 Å². The zero-order chi connectivity index (χ0) is 11.1. The first-order valence-corrected chi connectivity index (χ1v) is 6.09. The number of hydrogen-bond acceptors (Lipinski definition) is 1. The second-order valence-corrected chi connectivity index (χ2v) is 4.31. The highest BCUT2D eigenvalue weighted by molar-refractivity contribution is 6.31. The van der Waals surface area contributed by atoms with Crippen LogP contribution in [0.25, 0.3) is 0 Å². The van der Waals surface area contributed by atoms with Gasteiger partial charge in [-0.1, -0.05) is 56.5 Å². The van der Waals surface area contributed by atoms with Crippen LogP contribution in [0.1, 0.15) is 32.3 Å². The van der Waals surface area contributed by atoms with Gasteiger partial charge in [0.15, 0.2) is 0 Å². The number of nitrogens with one attached hydrogen (secondary N) is 1. The first-order valence-electron chi connectivity index (χ1n) is 5.72. The fourth-order valence-corrected chi connectivity index (χ4v) is 1.83. The molecule has 84 valence electrons. The third-order valence-corrected chi connectivity index (χ3v) is 3.23. The van der Waals surface area contributed by atoms with Crippen LogP contribution in [0, 0.1) is 5.92 Å². The molecule has 0 aliphatic carbocycles. The van der Waals surface area contributed by atoms with E-state index in [1.807, 2.05) is 18.2 Å². The number of halogens is 1. The lowest BCUT2D eigenvalue weighted by atomic mass is 10.0. The van der Waals surface area contributed by atoms with Crippen molar-refractivity contribution >= 4 is 11.6 Å². The van der Waals surface area contributed by atoms with E-state index in [2.05, 4.69) is 25.2 Å². The second-order valence-electron chi connectivity index (χ2n) is 3.90. The summed E-state index contributed by atoms with van der Waals surface area (Å²) in [5, 5.41) is 4.32. The lowest BCUT2D eigenvalue weighted by molar-refractivity contribution is 0.449. The van der Waals surface area contributed by atoms with Gasteiger partial charge in [0.2, 0.25) is 0 Å². The quantitative estimate of drug-likeness (QED) is 0.775. The predicted molar refractivity (Wildman–Crippen MR) is 67.2 cm³/mol. The molecular formula is C13H20ClN. The molecule has 2 heteroatoms. The molecule has 1 aromatic carbocycles. The minimum absolute atomic E-state index is 0.785. The van der Waals surface area contributed by atoms with E-state index in [9.17, 15) is 0 Å². The van der Waals surface area contributed by atoms with E-state index in [1.165, 1.54) is 18.4 Å². The molecule has 0 radical (unpaired) electrons. The zero-order valence-corrected chi connectivity index (χ0v) is 10.3. The van der Waals surface area contributed by atoms with E-state index in [1.54, 1.807) is 0 Å². The summed E-state index contributed by atoms with van der Waals surface area (Å²) in [7, 11) is 0. The summed E-state index contributed by atoms with van der Waals surface area (Å²) in [5.74, 6) is 0.785. The van der Waals surface area contributed by atoms with Crippen molar-refractivity contribution in [2.75, 3.05) is 6.54 Å². The summed E-state index contributed by atoms with van der Waals surface area (Å²) >= 11 is 6.07. The first kappa shape index (κ1) is 12.5. The van der Waals surface area contributed by atoms with Crippen molar-refractivity contribution in [1.82, 2.24) is 5.32 Å². The molecule has 0 unspecified atom stereocenters. The van der Waals surface area contributed by atoms with Gasteiger partial charge in [0.05, 0.1) is 0 Å². The topological polar surface area (TPSA) is 12.0 Å². The molecule has 0 aliphatic rings. The molecule has 0 spiro atoms. The Bertz CT molecular complexity index is 282. The van der Waals surface area contributed by atoms with Gasteiger partial charge in [0, 0.05) is 11.6 Å². The smallest absolute Gasteiger partial charge is 0.0450 e. The predicted octanol–water partition coefficient (Wildman–Crippen LogP) is 3.87. The molecule has 0 aliphatic heterocycles. The third-order valence-electron chi connectivity index (χ3n) is 2.86. The Hall–Kier alpha value is -0.530. The van der Waals surface area contributed by atoms with E-state index in [-0.39, 0.29) is 0 Å². The van der Waals surface area contributed by atoms with Gasteiger partial charge in [-0.25, -0.2) is 0 Å². The summed E-state index contributed by atoms with van der Waals surface area (Å²) in [6, 6.07) is 8.00. The summed E-state index contributed by atoms with van der Waals surface area (Å²) in [5.41, 5.74) is 1.19. The van der Waals surface area contributed by atoms with E-state index < -0.39 is 0 Å². The highest BCUT2D eigenvalue weighted by atomic mass is 35.5. The van der Waals surface area contributed by atoms with Crippen molar-refractivity contribution in [3.63, 3.8) is 0 Å². The molecular weight excluding hydrogens is 206 g/mol. The molecule has 0 aromatic heterocycles. The third kappa shape index (κ3) is 4.23. The summed E-state index contributed by atoms with van der Waals surface area (Å²) in [6.45, 7) is 6.44. The van der Waals surface area contributed by atoms with Crippen molar-refractivity contribution in [3.8, 4) is 0 Å². The second kappa shape index (κ2) is 6.86. The van der Waals surface area contributed by atoms with E-state index in [4.69, 9.17) is 11.6 Å². The van der Waals surface area contributed by atoms with Gasteiger partial charge in [-0.05, 0) is 24.1 Å². The maximum Gasteiger partial charge on any atom is 0.0450 e. The molecule has 0 saturated carbocycles. The maximum absolute atomic E-state index is 6.07. The molecule has 1 N–H and O–H groups in total. The Morgan fingerprint density at radius 1 is 1.20 bits per heavy atom. The monoisotopic (exact) mass is 225 g/mol. The molecule has 0 atom stereocenters. The minimum atomic E-state index is 0.785. The first-order chi connectivity index (χ1) is 7.27. The Morgan fingerprint density at radius 3 is 2.47 bits per heavy atom. The fourth-order valence-electron chi connectivity index (χ4n) is 1.63. The summed E-state index contributed by atoms with van der Waals surface area (Å²) in [6.07, 6.45) is 2.48. The normalized spacial score (nSPS) is 10.9. The molecule has 0 bridgehead atoms. The zero-order valence-electron chi connectivity index (χ0n) is 9.59. The van der Waals surface area contributed by atoms with Crippen LogP contribution in [-0.2, 0) is 6.54 Å². The van der Waals surface area contributed by atoms with Gasteiger partial charge in [0.25, 0.3) is 0 Å². The molecule has 1 nitrogen and oxygen atoms in total. The SMILES string of the molecule is CCC(CC)CNCc1ccccc1Cl. The Kier molecular flexibility index (Phi) is 5.74. The van der Waals surface area contributed by atoms with Crippen LogP contribution in [0.5, 0.6) is 0 Å². The van der Waals surface area contributed by atoms with Gasteiger partial charge in [-0.15, -0.1) is 0 Å². The standard InChI is InChI=1S/C13H20ClN/c1-3-11(4-2)9-15-10-12-7-5-6-8-13(12)14/h5-8,11,15H,3-4,9-10H2,1-2H3. The minimum Gasteiger partial charge on any atom is -0.312 e. The Morgan fingerprint density at radius 2 is 1.87 bits per heavy atom. The number of benzene rings is 1. The molecule has 0 amide bonds. The van der Waals surface area contributed by atoms with Crippen LogP contribution in [0.4, 0.5) is 0 Å². The number of hydrogen-bond donors (Lipinski definition) is 1. The molecule has 15 heavy (non-hydrogen) atoms. The van der Waals surface area contributed by atoms with Crippen LogP contribution in [-0.4, -0.2) is 6.54 Å². The lowest BCUT2D eigenvalue weighted by Crippen LogP contribution is -2.21. The Labute approximate surface area is 97.8 Å². The van der Waals surface area contributed by atoms with Crippen molar-refractivity contribution in [2.45, 2.75) is 33.2 Å². The maximum atomic E-state index is 6.07. The fraction of sp³-hybridized carbons (Fsp3) is 0.538. The molecule has 0 saturated heterocycles. The summed E-state index contributed by atoms with van der Waals surface area (Å²) in [4.78, 5) is 0. The molecule has 1 rings (SSSR count). The molecule has 0 fully saturated rings. The van der Waals surface area contributed by atoms with Crippen LogP contribution in [0.3, 0.4) is 0 Å². The van der Waals surface area contributed by atoms with Crippen molar-refractivity contribution in [3.05, 3.63) is 34.9 Å². The van der Waals surface area contributed by atoms with Crippen LogP contribution in [0.2, 0.25) is 5.02 Å². The molecule has 0 heterocycles. The van der Waals surface area contributed by atoms with Gasteiger partial charge in [0.1, 0.15) is 0 Å². The largest absolute Gasteiger partial charge is 0.312 e. The Balaban J connectivity index is 2.34. The van der Waals surface area contributed by atoms with Gasteiger partial charge >= 0.3 is 0 Å². The average Bonchev–Trinajstić information content (AvgIpc) is 2.27. The lowest BCUT2D eigenvalue weighted by Gasteiger charge is -2.13. The highest BCUT2D eigenvalue weighted by Gasteiger charge is 2.03. The van der Waals surface area contributed by atoms with E-state index >= 15 is 0 Å². The van der Waals surface area contributed by atoms with Crippen molar-refractivity contribution in [1.29, 1.82) is 0 Å². The van der Waals surface area contributed by atoms with Crippen LogP contribution >= 0.6 is 11.6 Å². The molecule has 1 aromatic rings. The van der Waals surface area contributed by atoms with Gasteiger partial charge in [-0.2, -0.15) is 0 Å².